The monoisotopic (exact) mass is 493 g/mol. The maximum absolute atomic E-state index is 13.3. The number of rotatable bonds is 10. The highest BCUT2D eigenvalue weighted by molar-refractivity contribution is 5.93. The van der Waals surface area contributed by atoms with Gasteiger partial charge in [0.15, 0.2) is 0 Å². The molecule has 188 valence electrons. The fourth-order valence-corrected chi connectivity index (χ4v) is 3.82. The molecule has 2 N–H and O–H groups in total. The van der Waals surface area contributed by atoms with Crippen molar-refractivity contribution in [3.8, 4) is 6.07 Å². The molecule has 0 atom stereocenters. The Hall–Kier alpha value is -4.03. The third-order valence-electron chi connectivity index (χ3n) is 6.04. The molecular weight excluding hydrogens is 464 g/mol. The Balaban J connectivity index is 1.66. The van der Waals surface area contributed by atoms with Crippen LogP contribution in [0, 0.1) is 36.8 Å². The van der Waals surface area contributed by atoms with Gasteiger partial charge in [-0.05, 0) is 61.3 Å². The second kappa shape index (κ2) is 12.1. The van der Waals surface area contributed by atoms with Crippen molar-refractivity contribution >= 4 is 17.6 Å². The molecule has 0 aliphatic heterocycles. The summed E-state index contributed by atoms with van der Waals surface area (Å²) < 4.78 is 28.2. The van der Waals surface area contributed by atoms with Crippen molar-refractivity contribution in [2.45, 2.75) is 33.9 Å². The van der Waals surface area contributed by atoms with Crippen molar-refractivity contribution in [2.75, 3.05) is 25.0 Å². The molecule has 0 bridgehead atoms. The van der Waals surface area contributed by atoms with E-state index in [9.17, 15) is 23.6 Å². The minimum Gasteiger partial charge on any atom is -0.351 e. The summed E-state index contributed by atoms with van der Waals surface area (Å²) in [4.78, 5) is 27.0. The van der Waals surface area contributed by atoms with Crippen LogP contribution in [-0.2, 0) is 22.7 Å². The Labute approximate surface area is 209 Å². The maximum Gasteiger partial charge on any atom is 0.239 e. The Bertz CT molecular complexity index is 1260. The summed E-state index contributed by atoms with van der Waals surface area (Å²) in [6.45, 7) is 6.53. The molecule has 7 nitrogen and oxygen atoms in total. The van der Waals surface area contributed by atoms with E-state index in [0.29, 0.717) is 24.5 Å². The standard InChI is InChI=1S/C27H29F2N5O2/c1-4-33(16-25(35)31-14-20-5-9-22(28)10-6-20)17-26(36)32-27-24(13-30)18(2)19(3)34(27)15-21-7-11-23(29)12-8-21/h5-12H,4,14-17H2,1-3H3,(H,31,35)(H,32,36). The first-order valence-electron chi connectivity index (χ1n) is 11.6. The Kier molecular flexibility index (Phi) is 8.92. The van der Waals surface area contributed by atoms with Crippen LogP contribution in [0.3, 0.4) is 0 Å². The molecule has 0 spiro atoms. The number of carbonyl (C=O) groups excluding carboxylic acids is 2. The zero-order valence-corrected chi connectivity index (χ0v) is 20.6. The molecule has 9 heteroatoms. The highest BCUT2D eigenvalue weighted by atomic mass is 19.1. The van der Waals surface area contributed by atoms with E-state index >= 15 is 0 Å². The Morgan fingerprint density at radius 3 is 2.06 bits per heavy atom. The number of likely N-dealkylation sites (N-methyl/N-ethyl adjacent to an activating group) is 1. The number of nitriles is 1. The summed E-state index contributed by atoms with van der Waals surface area (Å²) in [5.41, 5.74) is 3.52. The Morgan fingerprint density at radius 2 is 1.50 bits per heavy atom. The number of aromatic nitrogens is 1. The van der Waals surface area contributed by atoms with Crippen molar-refractivity contribution in [3.05, 3.63) is 88.1 Å². The van der Waals surface area contributed by atoms with Crippen molar-refractivity contribution in [3.63, 3.8) is 0 Å². The Morgan fingerprint density at radius 1 is 0.944 bits per heavy atom. The SMILES string of the molecule is CCN(CC(=O)NCc1ccc(F)cc1)CC(=O)Nc1c(C#N)c(C)c(C)n1Cc1ccc(F)cc1. The fraction of sp³-hybridized carbons (Fsp3) is 0.296. The van der Waals surface area contributed by atoms with E-state index in [-0.39, 0.29) is 43.1 Å². The first-order valence-corrected chi connectivity index (χ1v) is 11.6. The third-order valence-corrected chi connectivity index (χ3v) is 6.04. The van der Waals surface area contributed by atoms with Gasteiger partial charge in [-0.2, -0.15) is 5.26 Å². The topological polar surface area (TPSA) is 90.2 Å². The van der Waals surface area contributed by atoms with Gasteiger partial charge in [-0.1, -0.05) is 31.2 Å². The van der Waals surface area contributed by atoms with Crippen molar-refractivity contribution in [1.82, 2.24) is 14.8 Å². The summed E-state index contributed by atoms with van der Waals surface area (Å²) in [6, 6.07) is 14.1. The molecule has 0 aliphatic carbocycles. The lowest BCUT2D eigenvalue weighted by atomic mass is 10.2. The molecule has 1 aromatic heterocycles. The van der Waals surface area contributed by atoms with E-state index < -0.39 is 0 Å². The smallest absolute Gasteiger partial charge is 0.239 e. The molecule has 0 saturated heterocycles. The van der Waals surface area contributed by atoms with Gasteiger partial charge in [-0.15, -0.1) is 0 Å². The van der Waals surface area contributed by atoms with Crippen LogP contribution in [0.15, 0.2) is 48.5 Å². The molecule has 0 unspecified atom stereocenters. The third kappa shape index (κ3) is 6.77. The predicted molar refractivity (Wildman–Crippen MR) is 133 cm³/mol. The lowest BCUT2D eigenvalue weighted by Crippen LogP contribution is -2.41. The number of anilines is 1. The minimum absolute atomic E-state index is 0.00483. The molecule has 2 amide bonds. The van der Waals surface area contributed by atoms with Crippen molar-refractivity contribution in [2.24, 2.45) is 0 Å². The summed E-state index contributed by atoms with van der Waals surface area (Å²) in [5.74, 6) is -0.942. The molecule has 1 heterocycles. The quantitative estimate of drug-likeness (QED) is 0.449. The van der Waals surface area contributed by atoms with Crippen LogP contribution in [0.25, 0.3) is 0 Å². The lowest BCUT2D eigenvalue weighted by Gasteiger charge is -2.20. The largest absolute Gasteiger partial charge is 0.351 e. The highest BCUT2D eigenvalue weighted by Gasteiger charge is 2.21. The number of carbonyl (C=O) groups is 2. The van der Waals surface area contributed by atoms with Crippen LogP contribution in [0.2, 0.25) is 0 Å². The number of halogens is 2. The number of nitrogens with one attached hydrogen (secondary N) is 2. The first kappa shape index (κ1) is 26.6. The summed E-state index contributed by atoms with van der Waals surface area (Å²) in [7, 11) is 0. The molecule has 3 aromatic rings. The van der Waals surface area contributed by atoms with Gasteiger partial charge in [0.2, 0.25) is 11.8 Å². The molecule has 0 radical (unpaired) electrons. The van der Waals surface area contributed by atoms with Gasteiger partial charge >= 0.3 is 0 Å². The van der Waals surface area contributed by atoms with Crippen LogP contribution in [0.5, 0.6) is 0 Å². The number of benzene rings is 2. The molecule has 0 fully saturated rings. The predicted octanol–water partition coefficient (Wildman–Crippen LogP) is 3.88. The molecule has 0 aliphatic rings. The van der Waals surface area contributed by atoms with Gasteiger partial charge in [-0.25, -0.2) is 8.78 Å². The van der Waals surface area contributed by atoms with E-state index in [0.717, 1.165) is 22.4 Å². The van der Waals surface area contributed by atoms with Gasteiger partial charge in [0.25, 0.3) is 0 Å². The first-order chi connectivity index (χ1) is 17.2. The van der Waals surface area contributed by atoms with Gasteiger partial charge in [0.05, 0.1) is 18.7 Å². The number of hydrogen-bond acceptors (Lipinski definition) is 4. The summed E-state index contributed by atoms with van der Waals surface area (Å²) in [5, 5.41) is 15.3. The lowest BCUT2D eigenvalue weighted by molar-refractivity contribution is -0.123. The molecular formula is C27H29F2N5O2. The van der Waals surface area contributed by atoms with Gasteiger partial charge in [0, 0.05) is 18.8 Å². The van der Waals surface area contributed by atoms with E-state index in [1.165, 1.54) is 24.3 Å². The highest BCUT2D eigenvalue weighted by Crippen LogP contribution is 2.27. The number of hydrogen-bond donors (Lipinski definition) is 2. The zero-order chi connectivity index (χ0) is 26.2. The zero-order valence-electron chi connectivity index (χ0n) is 20.6. The minimum atomic E-state index is -0.363. The summed E-state index contributed by atoms with van der Waals surface area (Å²) >= 11 is 0. The van der Waals surface area contributed by atoms with Crippen molar-refractivity contribution in [1.29, 1.82) is 5.26 Å². The normalized spacial score (nSPS) is 10.8. The molecule has 2 aromatic carbocycles. The van der Waals surface area contributed by atoms with E-state index in [1.54, 1.807) is 29.2 Å². The summed E-state index contributed by atoms with van der Waals surface area (Å²) in [6.07, 6.45) is 0. The van der Waals surface area contributed by atoms with Gasteiger partial charge in [-0.3, -0.25) is 14.5 Å². The van der Waals surface area contributed by atoms with Crippen LogP contribution in [-0.4, -0.2) is 40.9 Å². The second-order valence-corrected chi connectivity index (χ2v) is 8.51. The number of amides is 2. The second-order valence-electron chi connectivity index (χ2n) is 8.51. The maximum atomic E-state index is 13.3. The van der Waals surface area contributed by atoms with Gasteiger partial charge < -0.3 is 15.2 Å². The van der Waals surface area contributed by atoms with Crippen molar-refractivity contribution < 1.29 is 18.4 Å². The van der Waals surface area contributed by atoms with Crippen LogP contribution in [0.4, 0.5) is 14.6 Å². The van der Waals surface area contributed by atoms with Crippen LogP contribution < -0.4 is 10.6 Å². The van der Waals surface area contributed by atoms with Crippen LogP contribution in [0.1, 0.15) is 34.9 Å². The molecule has 36 heavy (non-hydrogen) atoms. The van der Waals surface area contributed by atoms with E-state index in [2.05, 4.69) is 16.7 Å². The van der Waals surface area contributed by atoms with E-state index in [4.69, 9.17) is 0 Å². The van der Waals surface area contributed by atoms with Crippen LogP contribution >= 0.6 is 0 Å². The molecule has 0 saturated carbocycles. The van der Waals surface area contributed by atoms with Gasteiger partial charge in [0.1, 0.15) is 23.5 Å². The fourth-order valence-electron chi connectivity index (χ4n) is 3.82. The molecule has 3 rings (SSSR count). The average Bonchev–Trinajstić information content (AvgIpc) is 3.08. The average molecular weight is 494 g/mol. The number of nitrogens with zero attached hydrogens (tertiary/aromatic N) is 3. The van der Waals surface area contributed by atoms with E-state index in [1.807, 2.05) is 25.3 Å².